The Balaban J connectivity index is 1.95. The van der Waals surface area contributed by atoms with E-state index in [0.717, 1.165) is 22.8 Å². The van der Waals surface area contributed by atoms with Crippen molar-refractivity contribution in [3.05, 3.63) is 85.6 Å². The lowest BCUT2D eigenvalue weighted by molar-refractivity contribution is 0.0827. The van der Waals surface area contributed by atoms with Crippen LogP contribution in [0.5, 0.6) is 5.88 Å². The highest BCUT2D eigenvalue weighted by molar-refractivity contribution is 9.10. The van der Waals surface area contributed by atoms with Crippen molar-refractivity contribution in [2.75, 3.05) is 14.1 Å². The van der Waals surface area contributed by atoms with Gasteiger partial charge >= 0.3 is 0 Å². The fourth-order valence-corrected chi connectivity index (χ4v) is 3.21. The highest BCUT2D eigenvalue weighted by Crippen LogP contribution is 2.23. The molecule has 6 nitrogen and oxygen atoms in total. The smallest absolute Gasteiger partial charge is 0.276 e. The van der Waals surface area contributed by atoms with Crippen molar-refractivity contribution in [1.29, 1.82) is 0 Å². The van der Waals surface area contributed by atoms with Crippen molar-refractivity contribution in [1.82, 2.24) is 14.5 Å². The fraction of sp³-hybridized carbons (Fsp3) is 0.190. The van der Waals surface area contributed by atoms with Crippen molar-refractivity contribution in [3.8, 4) is 11.6 Å². The second-order valence-electron chi connectivity index (χ2n) is 6.81. The summed E-state index contributed by atoms with van der Waals surface area (Å²) in [5.74, 6) is -2.70. The monoisotopic (exact) mass is 495 g/mol. The van der Waals surface area contributed by atoms with Crippen LogP contribution in [-0.2, 0) is 6.61 Å². The van der Waals surface area contributed by atoms with Gasteiger partial charge in [-0.1, -0.05) is 0 Å². The van der Waals surface area contributed by atoms with E-state index in [0.29, 0.717) is 0 Å². The van der Waals surface area contributed by atoms with E-state index in [2.05, 4.69) is 20.9 Å². The molecule has 0 saturated heterocycles. The maximum absolute atomic E-state index is 14.7. The van der Waals surface area contributed by atoms with Crippen LogP contribution in [0.2, 0.25) is 0 Å². The largest absolute Gasteiger partial charge is 0.472 e. The van der Waals surface area contributed by atoms with Crippen molar-refractivity contribution in [3.63, 3.8) is 0 Å². The third-order valence-corrected chi connectivity index (χ3v) is 5.07. The van der Waals surface area contributed by atoms with E-state index in [1.54, 1.807) is 14.1 Å². The predicted octanol–water partition coefficient (Wildman–Crippen LogP) is 4.00. The third-order valence-electron chi connectivity index (χ3n) is 4.39. The number of amides is 1. The molecule has 0 aliphatic heterocycles. The number of ether oxygens (including phenoxy) is 1. The Hall–Kier alpha value is -3.14. The van der Waals surface area contributed by atoms with E-state index in [1.165, 1.54) is 30.0 Å². The first-order valence-corrected chi connectivity index (χ1v) is 9.77. The summed E-state index contributed by atoms with van der Waals surface area (Å²) in [7, 11) is 3.08. The number of hydrogen-bond acceptors (Lipinski definition) is 4. The molecule has 2 aromatic carbocycles. The zero-order valence-corrected chi connectivity index (χ0v) is 18.3. The van der Waals surface area contributed by atoms with Gasteiger partial charge in [-0.25, -0.2) is 13.2 Å². The molecule has 31 heavy (non-hydrogen) atoms. The molecular weight excluding hydrogens is 479 g/mol. The van der Waals surface area contributed by atoms with E-state index >= 15 is 0 Å². The molecule has 0 N–H and O–H groups in total. The molecule has 0 bridgehead atoms. The normalized spacial score (nSPS) is 10.8. The molecular formula is C21H17BrF3N3O3. The molecule has 3 rings (SSSR count). The van der Waals surface area contributed by atoms with Crippen LogP contribution < -0.4 is 10.3 Å². The number of nitrogens with zero attached hydrogens (tertiary/aromatic N) is 3. The number of aromatic nitrogens is 2. The van der Waals surface area contributed by atoms with Crippen molar-refractivity contribution in [2.45, 2.75) is 13.5 Å². The predicted molar refractivity (Wildman–Crippen MR) is 111 cm³/mol. The number of halogens is 4. The fourth-order valence-electron chi connectivity index (χ4n) is 2.83. The SMILES string of the molecule is Cc1nc(OCc2ccc(F)cc2F)c(Br)c(=O)n1-c1ccc(C(=O)N(C)C)cc1F. The van der Waals surface area contributed by atoms with E-state index in [9.17, 15) is 22.8 Å². The molecule has 1 aromatic heterocycles. The highest BCUT2D eigenvalue weighted by Gasteiger charge is 2.19. The van der Waals surface area contributed by atoms with Gasteiger partial charge < -0.3 is 9.64 Å². The van der Waals surface area contributed by atoms with Gasteiger partial charge in [-0.15, -0.1) is 0 Å². The molecule has 0 fully saturated rings. The highest BCUT2D eigenvalue weighted by atomic mass is 79.9. The van der Waals surface area contributed by atoms with E-state index < -0.39 is 23.0 Å². The van der Waals surface area contributed by atoms with Gasteiger partial charge in [-0.2, -0.15) is 4.98 Å². The lowest BCUT2D eigenvalue weighted by Crippen LogP contribution is -2.25. The van der Waals surface area contributed by atoms with Gasteiger partial charge in [0, 0.05) is 31.3 Å². The van der Waals surface area contributed by atoms with Gasteiger partial charge in [-0.05, 0) is 53.2 Å². The summed E-state index contributed by atoms with van der Waals surface area (Å²) in [6, 6.07) is 6.78. The van der Waals surface area contributed by atoms with Crippen LogP contribution >= 0.6 is 15.9 Å². The van der Waals surface area contributed by atoms with E-state index in [-0.39, 0.29) is 45.5 Å². The molecule has 0 saturated carbocycles. The number of carbonyl (C=O) groups excluding carboxylic acids is 1. The van der Waals surface area contributed by atoms with Crippen molar-refractivity contribution >= 4 is 21.8 Å². The Kier molecular flexibility index (Phi) is 6.49. The van der Waals surface area contributed by atoms with Crippen molar-refractivity contribution in [2.24, 2.45) is 0 Å². The topological polar surface area (TPSA) is 64.4 Å². The second-order valence-corrected chi connectivity index (χ2v) is 7.60. The molecule has 0 aliphatic carbocycles. The summed E-state index contributed by atoms with van der Waals surface area (Å²) >= 11 is 3.09. The summed E-state index contributed by atoms with van der Waals surface area (Å²) in [5.41, 5.74) is -0.552. The number of carbonyl (C=O) groups is 1. The van der Waals surface area contributed by atoms with Gasteiger partial charge in [0.2, 0.25) is 5.88 Å². The zero-order chi connectivity index (χ0) is 22.9. The maximum Gasteiger partial charge on any atom is 0.276 e. The second kappa shape index (κ2) is 8.93. The Morgan fingerprint density at radius 3 is 2.45 bits per heavy atom. The molecule has 0 unspecified atom stereocenters. The van der Waals surface area contributed by atoms with Gasteiger partial charge in [0.15, 0.2) is 0 Å². The lowest BCUT2D eigenvalue weighted by Gasteiger charge is -2.15. The minimum absolute atomic E-state index is 0.0733. The quantitative estimate of drug-likeness (QED) is 0.536. The van der Waals surface area contributed by atoms with Crippen LogP contribution in [0.25, 0.3) is 5.69 Å². The molecule has 0 atom stereocenters. The number of benzene rings is 2. The summed E-state index contributed by atoms with van der Waals surface area (Å²) in [6.07, 6.45) is 0. The number of hydrogen-bond donors (Lipinski definition) is 0. The first-order chi connectivity index (χ1) is 14.6. The summed E-state index contributed by atoms with van der Waals surface area (Å²) in [6.45, 7) is 1.17. The minimum Gasteiger partial charge on any atom is -0.472 e. The van der Waals surface area contributed by atoms with Crippen LogP contribution in [0, 0.1) is 24.4 Å². The van der Waals surface area contributed by atoms with Crippen LogP contribution in [-0.4, -0.2) is 34.5 Å². The summed E-state index contributed by atoms with van der Waals surface area (Å²) < 4.78 is 47.9. The molecule has 162 valence electrons. The molecule has 3 aromatic rings. The Labute approximate surface area is 184 Å². The van der Waals surface area contributed by atoms with Crippen molar-refractivity contribution < 1.29 is 22.7 Å². The van der Waals surface area contributed by atoms with E-state index in [4.69, 9.17) is 4.74 Å². The van der Waals surface area contributed by atoms with E-state index in [1.807, 2.05) is 0 Å². The first-order valence-electron chi connectivity index (χ1n) is 8.97. The Morgan fingerprint density at radius 1 is 1.13 bits per heavy atom. The number of rotatable bonds is 5. The first kappa shape index (κ1) is 22.5. The average molecular weight is 496 g/mol. The molecule has 10 heteroatoms. The molecule has 0 spiro atoms. The summed E-state index contributed by atoms with van der Waals surface area (Å²) in [4.78, 5) is 30.3. The molecule has 1 amide bonds. The van der Waals surface area contributed by atoms with Gasteiger partial charge in [0.05, 0.1) is 5.69 Å². The Morgan fingerprint density at radius 2 is 1.84 bits per heavy atom. The zero-order valence-electron chi connectivity index (χ0n) is 16.7. The van der Waals surface area contributed by atoms with Crippen LogP contribution in [0.3, 0.4) is 0 Å². The van der Waals surface area contributed by atoms with Crippen LogP contribution in [0.15, 0.2) is 45.7 Å². The molecule has 0 radical (unpaired) electrons. The minimum atomic E-state index is -0.796. The third kappa shape index (κ3) is 4.63. The van der Waals surface area contributed by atoms with Crippen LogP contribution in [0.1, 0.15) is 21.7 Å². The molecule has 1 heterocycles. The van der Waals surface area contributed by atoms with Gasteiger partial charge in [-0.3, -0.25) is 14.2 Å². The standard InChI is InChI=1S/C21H17BrF3N3O3/c1-11-26-19(31-10-13-4-6-14(23)9-15(13)24)18(22)21(30)28(11)17-7-5-12(8-16(17)25)20(29)27(2)3/h4-9H,10H2,1-3H3. The van der Waals surface area contributed by atoms with Crippen LogP contribution in [0.4, 0.5) is 13.2 Å². The van der Waals surface area contributed by atoms with Gasteiger partial charge in [0.25, 0.3) is 11.5 Å². The van der Waals surface area contributed by atoms with Gasteiger partial charge in [0.1, 0.15) is 34.4 Å². The average Bonchev–Trinajstić information content (AvgIpc) is 2.71. The maximum atomic E-state index is 14.7. The number of aryl methyl sites for hydroxylation is 1. The summed E-state index contributed by atoms with van der Waals surface area (Å²) in [5, 5.41) is 0. The lowest BCUT2D eigenvalue weighted by atomic mass is 10.1. The molecule has 0 aliphatic rings. The Bertz CT molecular complexity index is 1230.